The van der Waals surface area contributed by atoms with Crippen molar-refractivity contribution in [1.29, 1.82) is 0 Å². The van der Waals surface area contributed by atoms with Crippen LogP contribution in [0.15, 0.2) is 18.2 Å². The molecule has 2 rings (SSSR count). The zero-order valence-electron chi connectivity index (χ0n) is 10.6. The number of ether oxygens (including phenoxy) is 2. The maximum absolute atomic E-state index is 11.5. The molecule has 0 aliphatic heterocycles. The van der Waals surface area contributed by atoms with Crippen LogP contribution in [0.1, 0.15) is 24.4 Å². The molecule has 0 radical (unpaired) electrons. The summed E-state index contributed by atoms with van der Waals surface area (Å²) >= 11 is 0. The van der Waals surface area contributed by atoms with E-state index >= 15 is 0 Å². The number of nitrogens with two attached hydrogens (primary N) is 1. The molecule has 98 valence electrons. The first-order valence-electron chi connectivity index (χ1n) is 5.92. The van der Waals surface area contributed by atoms with Gasteiger partial charge in [0.25, 0.3) is 0 Å². The van der Waals surface area contributed by atoms with Crippen LogP contribution in [-0.2, 0) is 4.79 Å². The summed E-state index contributed by atoms with van der Waals surface area (Å²) < 4.78 is 10.4. The minimum atomic E-state index is -0.499. The molecule has 0 bridgehead atoms. The van der Waals surface area contributed by atoms with Gasteiger partial charge in [0, 0.05) is 12.1 Å². The second kappa shape index (κ2) is 5.27. The Bertz CT molecular complexity index is 422. The molecular formula is C13H18N2O3. The predicted molar refractivity (Wildman–Crippen MR) is 67.6 cm³/mol. The largest absolute Gasteiger partial charge is 0.497 e. The molecule has 1 aliphatic carbocycles. The molecule has 5 nitrogen and oxygen atoms in total. The lowest BCUT2D eigenvalue weighted by molar-refractivity contribution is -0.120. The van der Waals surface area contributed by atoms with Crippen LogP contribution in [0.25, 0.3) is 0 Å². The molecule has 1 atom stereocenters. The first kappa shape index (κ1) is 12.7. The number of primary amides is 1. The summed E-state index contributed by atoms with van der Waals surface area (Å²) in [6.07, 6.45) is 2.18. The van der Waals surface area contributed by atoms with Crippen LogP contribution in [0.3, 0.4) is 0 Å². The van der Waals surface area contributed by atoms with Gasteiger partial charge in [-0.3, -0.25) is 10.1 Å². The fourth-order valence-electron chi connectivity index (χ4n) is 1.82. The van der Waals surface area contributed by atoms with E-state index in [-0.39, 0.29) is 0 Å². The Hall–Kier alpha value is -1.75. The van der Waals surface area contributed by atoms with Gasteiger partial charge in [0.2, 0.25) is 5.91 Å². The van der Waals surface area contributed by atoms with Crippen molar-refractivity contribution in [1.82, 2.24) is 5.32 Å². The van der Waals surface area contributed by atoms with Crippen LogP contribution in [0.2, 0.25) is 0 Å². The Morgan fingerprint density at radius 2 is 1.83 bits per heavy atom. The zero-order valence-corrected chi connectivity index (χ0v) is 10.6. The van der Waals surface area contributed by atoms with E-state index in [1.165, 1.54) is 0 Å². The zero-order chi connectivity index (χ0) is 13.1. The van der Waals surface area contributed by atoms with E-state index in [1.807, 2.05) is 0 Å². The number of benzene rings is 1. The van der Waals surface area contributed by atoms with Gasteiger partial charge in [-0.25, -0.2) is 0 Å². The summed E-state index contributed by atoms with van der Waals surface area (Å²) in [5.74, 6) is 0.901. The van der Waals surface area contributed by atoms with E-state index in [9.17, 15) is 4.79 Å². The molecule has 1 aromatic rings. The van der Waals surface area contributed by atoms with Gasteiger partial charge in [-0.05, 0) is 30.5 Å². The van der Waals surface area contributed by atoms with Crippen LogP contribution in [-0.4, -0.2) is 26.2 Å². The molecule has 0 heterocycles. The van der Waals surface area contributed by atoms with Crippen LogP contribution in [0.4, 0.5) is 0 Å². The number of carbonyl (C=O) groups excluding carboxylic acids is 1. The lowest BCUT2D eigenvalue weighted by atomic mass is 10.1. The summed E-state index contributed by atoms with van der Waals surface area (Å²) in [6, 6.07) is 5.25. The fraction of sp³-hybridized carbons (Fsp3) is 0.462. The number of nitrogens with one attached hydrogen (secondary N) is 1. The Morgan fingerprint density at radius 1 is 1.28 bits per heavy atom. The maximum atomic E-state index is 11.5. The molecule has 1 aromatic carbocycles. The van der Waals surface area contributed by atoms with Gasteiger partial charge in [0.1, 0.15) is 17.5 Å². The molecule has 18 heavy (non-hydrogen) atoms. The van der Waals surface area contributed by atoms with Crippen molar-refractivity contribution >= 4 is 5.91 Å². The summed E-state index contributed by atoms with van der Waals surface area (Å²) in [7, 11) is 3.15. The van der Waals surface area contributed by atoms with E-state index in [2.05, 4.69) is 5.32 Å². The monoisotopic (exact) mass is 250 g/mol. The molecular weight excluding hydrogens is 232 g/mol. The predicted octanol–water partition coefficient (Wildman–Crippen LogP) is 0.982. The quantitative estimate of drug-likeness (QED) is 0.789. The number of rotatable bonds is 6. The van der Waals surface area contributed by atoms with Gasteiger partial charge < -0.3 is 15.2 Å². The van der Waals surface area contributed by atoms with Crippen molar-refractivity contribution in [3.63, 3.8) is 0 Å². The molecule has 1 saturated carbocycles. The molecule has 1 amide bonds. The highest BCUT2D eigenvalue weighted by molar-refractivity contribution is 5.81. The SMILES string of the molecule is COc1cc(OC)cc(C(NC2CC2)C(N)=O)c1. The molecule has 3 N–H and O–H groups in total. The number of carbonyl (C=O) groups is 1. The van der Waals surface area contributed by atoms with Crippen LogP contribution in [0.5, 0.6) is 11.5 Å². The van der Waals surface area contributed by atoms with Gasteiger partial charge in [-0.15, -0.1) is 0 Å². The highest BCUT2D eigenvalue weighted by Gasteiger charge is 2.28. The normalized spacial score (nSPS) is 16.1. The molecule has 1 aliphatic rings. The Morgan fingerprint density at radius 3 is 2.22 bits per heavy atom. The smallest absolute Gasteiger partial charge is 0.239 e. The van der Waals surface area contributed by atoms with Crippen LogP contribution in [0, 0.1) is 0 Å². The summed E-state index contributed by atoms with van der Waals surface area (Å²) in [5.41, 5.74) is 6.21. The maximum Gasteiger partial charge on any atom is 0.239 e. The molecule has 0 spiro atoms. The van der Waals surface area contributed by atoms with Crippen LogP contribution >= 0.6 is 0 Å². The highest BCUT2D eigenvalue weighted by atomic mass is 16.5. The van der Waals surface area contributed by atoms with Gasteiger partial charge in [-0.2, -0.15) is 0 Å². The molecule has 0 aromatic heterocycles. The van der Waals surface area contributed by atoms with E-state index in [0.717, 1.165) is 18.4 Å². The van der Waals surface area contributed by atoms with Crippen molar-refractivity contribution < 1.29 is 14.3 Å². The standard InChI is InChI=1S/C13H18N2O3/c1-17-10-5-8(6-11(7-10)18-2)12(13(14)16)15-9-3-4-9/h5-7,9,12,15H,3-4H2,1-2H3,(H2,14,16). The van der Waals surface area contributed by atoms with Gasteiger partial charge in [0.15, 0.2) is 0 Å². The average molecular weight is 250 g/mol. The van der Waals surface area contributed by atoms with Gasteiger partial charge in [-0.1, -0.05) is 0 Å². The second-order valence-electron chi connectivity index (χ2n) is 4.42. The molecule has 1 unspecified atom stereocenters. The Kier molecular flexibility index (Phi) is 3.72. The Labute approximate surface area is 106 Å². The van der Waals surface area contributed by atoms with Crippen molar-refractivity contribution in [2.24, 2.45) is 5.73 Å². The van der Waals surface area contributed by atoms with Crippen molar-refractivity contribution in [3.05, 3.63) is 23.8 Å². The third kappa shape index (κ3) is 2.92. The van der Waals surface area contributed by atoms with E-state index in [0.29, 0.717) is 17.5 Å². The number of hydrogen-bond donors (Lipinski definition) is 2. The minimum absolute atomic E-state index is 0.389. The minimum Gasteiger partial charge on any atom is -0.497 e. The van der Waals surface area contributed by atoms with Crippen LogP contribution < -0.4 is 20.5 Å². The lowest BCUT2D eigenvalue weighted by Crippen LogP contribution is -2.34. The highest BCUT2D eigenvalue weighted by Crippen LogP contribution is 2.29. The summed E-state index contributed by atoms with van der Waals surface area (Å²) in [6.45, 7) is 0. The molecule has 5 heteroatoms. The van der Waals surface area contributed by atoms with E-state index < -0.39 is 11.9 Å². The van der Waals surface area contributed by atoms with Gasteiger partial charge in [0.05, 0.1) is 14.2 Å². The average Bonchev–Trinajstić information content (AvgIpc) is 3.18. The first-order valence-corrected chi connectivity index (χ1v) is 5.92. The summed E-state index contributed by atoms with van der Waals surface area (Å²) in [5, 5.41) is 3.22. The molecule has 0 saturated heterocycles. The number of hydrogen-bond acceptors (Lipinski definition) is 4. The summed E-state index contributed by atoms with van der Waals surface area (Å²) in [4.78, 5) is 11.5. The van der Waals surface area contributed by atoms with E-state index in [1.54, 1.807) is 32.4 Å². The van der Waals surface area contributed by atoms with Crippen molar-refractivity contribution in [2.75, 3.05) is 14.2 Å². The molecule has 1 fully saturated rings. The fourth-order valence-corrected chi connectivity index (χ4v) is 1.82. The lowest BCUT2D eigenvalue weighted by Gasteiger charge is -2.17. The number of methoxy groups -OCH3 is 2. The van der Waals surface area contributed by atoms with Crippen molar-refractivity contribution in [3.8, 4) is 11.5 Å². The second-order valence-corrected chi connectivity index (χ2v) is 4.42. The topological polar surface area (TPSA) is 73.6 Å². The van der Waals surface area contributed by atoms with E-state index in [4.69, 9.17) is 15.2 Å². The first-order chi connectivity index (χ1) is 8.63. The number of amides is 1. The Balaban J connectivity index is 2.29. The van der Waals surface area contributed by atoms with Crippen molar-refractivity contribution in [2.45, 2.75) is 24.9 Å². The third-order valence-corrected chi connectivity index (χ3v) is 2.97. The van der Waals surface area contributed by atoms with Gasteiger partial charge >= 0.3 is 0 Å². The third-order valence-electron chi connectivity index (χ3n) is 2.97.